The van der Waals surface area contributed by atoms with Crippen molar-refractivity contribution in [3.05, 3.63) is 47.5 Å². The molecule has 2 aromatic carbocycles. The van der Waals surface area contributed by atoms with Crippen LogP contribution in [0, 0.1) is 0 Å². The number of hydrogen-bond acceptors (Lipinski definition) is 6. The van der Waals surface area contributed by atoms with Gasteiger partial charge in [0.1, 0.15) is 11.5 Å². The molecule has 0 aliphatic carbocycles. The van der Waals surface area contributed by atoms with E-state index in [2.05, 4.69) is 32.7 Å². The highest BCUT2D eigenvalue weighted by atomic mass is 16.5. The van der Waals surface area contributed by atoms with Crippen molar-refractivity contribution in [2.45, 2.75) is 32.5 Å². The number of phenols is 1. The van der Waals surface area contributed by atoms with Crippen molar-refractivity contribution < 1.29 is 19.3 Å². The van der Waals surface area contributed by atoms with E-state index in [1.807, 2.05) is 25.1 Å². The van der Waals surface area contributed by atoms with Crippen LogP contribution in [0.1, 0.15) is 24.5 Å². The number of likely N-dealkylation sites (tertiary alicyclic amines) is 1. The van der Waals surface area contributed by atoms with E-state index in [0.717, 1.165) is 61.2 Å². The van der Waals surface area contributed by atoms with Gasteiger partial charge < -0.3 is 30.0 Å². The van der Waals surface area contributed by atoms with Gasteiger partial charge in [-0.05, 0) is 37.1 Å². The smallest absolute Gasteiger partial charge is 0.191 e. The van der Waals surface area contributed by atoms with Crippen LogP contribution in [-0.2, 0) is 13.1 Å². The Bertz CT molecular complexity index is 897. The second-order valence-corrected chi connectivity index (χ2v) is 7.75. The molecule has 2 aromatic rings. The molecule has 1 aliphatic rings. The third-order valence-corrected chi connectivity index (χ3v) is 5.48. The molecular weight excluding hydrogens is 408 g/mol. The van der Waals surface area contributed by atoms with E-state index >= 15 is 0 Å². The predicted molar refractivity (Wildman–Crippen MR) is 126 cm³/mol. The van der Waals surface area contributed by atoms with Gasteiger partial charge in [0.2, 0.25) is 0 Å². The fraction of sp³-hybridized carbons (Fsp3) is 0.458. The number of hydrogen-bond donors (Lipinski definition) is 3. The minimum absolute atomic E-state index is 0.135. The molecule has 8 nitrogen and oxygen atoms in total. The number of benzene rings is 2. The molecule has 174 valence electrons. The maximum absolute atomic E-state index is 10.3. The Hall–Kier alpha value is -3.13. The van der Waals surface area contributed by atoms with Crippen LogP contribution in [0.15, 0.2) is 41.4 Å². The van der Waals surface area contributed by atoms with Crippen LogP contribution >= 0.6 is 0 Å². The lowest BCUT2D eigenvalue weighted by Gasteiger charge is -2.19. The summed E-state index contributed by atoms with van der Waals surface area (Å²) in [7, 11) is 4.88. The maximum atomic E-state index is 10.3. The number of aliphatic imine (C=N–C) groups is 1. The Morgan fingerprint density at radius 1 is 1.12 bits per heavy atom. The van der Waals surface area contributed by atoms with Gasteiger partial charge in [0.15, 0.2) is 17.5 Å². The fourth-order valence-corrected chi connectivity index (χ4v) is 3.85. The van der Waals surface area contributed by atoms with Gasteiger partial charge in [-0.2, -0.15) is 0 Å². The zero-order chi connectivity index (χ0) is 22.9. The standard InChI is InChI=1S/C24H34N4O4/c1-5-25-24(26-14-18-7-6-8-22(32-4)23(18)29)27-19-9-10-28(16-19)15-17-11-20(30-2)13-21(12-17)31-3/h6-8,11-13,19,29H,5,9-10,14-16H2,1-4H3,(H2,25,26,27). The number of methoxy groups -OCH3 is 3. The molecule has 0 radical (unpaired) electrons. The fourth-order valence-electron chi connectivity index (χ4n) is 3.85. The molecule has 0 amide bonds. The van der Waals surface area contributed by atoms with Crippen molar-refractivity contribution in [1.29, 1.82) is 0 Å². The first-order chi connectivity index (χ1) is 15.6. The zero-order valence-electron chi connectivity index (χ0n) is 19.4. The van der Waals surface area contributed by atoms with Gasteiger partial charge in [-0.25, -0.2) is 4.99 Å². The molecule has 3 N–H and O–H groups in total. The van der Waals surface area contributed by atoms with E-state index in [1.54, 1.807) is 27.4 Å². The average molecular weight is 443 g/mol. The number of nitrogens with zero attached hydrogens (tertiary/aromatic N) is 2. The quantitative estimate of drug-likeness (QED) is 0.407. The number of nitrogens with one attached hydrogen (secondary N) is 2. The minimum Gasteiger partial charge on any atom is -0.504 e. The molecule has 1 unspecified atom stereocenters. The molecule has 1 fully saturated rings. The second kappa shape index (κ2) is 11.5. The first-order valence-corrected chi connectivity index (χ1v) is 10.9. The second-order valence-electron chi connectivity index (χ2n) is 7.75. The maximum Gasteiger partial charge on any atom is 0.191 e. The summed E-state index contributed by atoms with van der Waals surface area (Å²) in [5.74, 6) is 2.93. The summed E-state index contributed by atoms with van der Waals surface area (Å²) >= 11 is 0. The van der Waals surface area contributed by atoms with E-state index < -0.39 is 0 Å². The molecule has 0 aromatic heterocycles. The Morgan fingerprint density at radius 2 is 1.88 bits per heavy atom. The van der Waals surface area contributed by atoms with Crippen LogP contribution in [0.4, 0.5) is 0 Å². The largest absolute Gasteiger partial charge is 0.504 e. The Balaban J connectivity index is 1.60. The zero-order valence-corrected chi connectivity index (χ0v) is 19.4. The number of aromatic hydroxyl groups is 1. The van der Waals surface area contributed by atoms with Gasteiger partial charge in [-0.15, -0.1) is 0 Å². The molecule has 0 bridgehead atoms. The summed E-state index contributed by atoms with van der Waals surface area (Å²) < 4.78 is 16.0. The van der Waals surface area contributed by atoms with Crippen LogP contribution < -0.4 is 24.8 Å². The summed E-state index contributed by atoms with van der Waals surface area (Å²) in [6, 6.07) is 11.7. The predicted octanol–water partition coefficient (Wildman–Crippen LogP) is 2.75. The van der Waals surface area contributed by atoms with Gasteiger partial charge in [-0.1, -0.05) is 12.1 Å². The van der Waals surface area contributed by atoms with Gasteiger partial charge in [0.25, 0.3) is 0 Å². The average Bonchev–Trinajstić information content (AvgIpc) is 3.24. The van der Waals surface area contributed by atoms with E-state index in [9.17, 15) is 5.11 Å². The van der Waals surface area contributed by atoms with Crippen LogP contribution in [-0.4, -0.2) is 63.0 Å². The SMILES string of the molecule is CCNC(=NCc1cccc(OC)c1O)NC1CCN(Cc2cc(OC)cc(OC)c2)C1. The normalized spacial score (nSPS) is 16.6. The van der Waals surface area contributed by atoms with Crippen molar-refractivity contribution in [3.8, 4) is 23.0 Å². The number of rotatable bonds is 9. The molecule has 8 heteroatoms. The number of guanidine groups is 1. The molecule has 32 heavy (non-hydrogen) atoms. The van der Waals surface area contributed by atoms with Crippen LogP contribution in [0.5, 0.6) is 23.0 Å². The molecular formula is C24H34N4O4. The van der Waals surface area contributed by atoms with Crippen LogP contribution in [0.2, 0.25) is 0 Å². The monoisotopic (exact) mass is 442 g/mol. The highest BCUT2D eigenvalue weighted by Crippen LogP contribution is 2.29. The van der Waals surface area contributed by atoms with E-state index in [4.69, 9.17) is 14.2 Å². The third-order valence-electron chi connectivity index (χ3n) is 5.48. The Morgan fingerprint density at radius 3 is 2.53 bits per heavy atom. The van der Waals surface area contributed by atoms with E-state index in [-0.39, 0.29) is 5.75 Å². The summed E-state index contributed by atoms with van der Waals surface area (Å²) in [5, 5.41) is 17.1. The van der Waals surface area contributed by atoms with Crippen molar-refractivity contribution in [1.82, 2.24) is 15.5 Å². The van der Waals surface area contributed by atoms with E-state index in [0.29, 0.717) is 18.3 Å². The van der Waals surface area contributed by atoms with Crippen molar-refractivity contribution in [2.24, 2.45) is 4.99 Å². The van der Waals surface area contributed by atoms with Crippen molar-refractivity contribution >= 4 is 5.96 Å². The number of ether oxygens (including phenoxy) is 3. The number of phenolic OH excluding ortho intramolecular Hbond substituents is 1. The summed E-state index contributed by atoms with van der Waals surface area (Å²) in [4.78, 5) is 7.07. The highest BCUT2D eigenvalue weighted by Gasteiger charge is 2.23. The Kier molecular flexibility index (Phi) is 8.44. The summed E-state index contributed by atoms with van der Waals surface area (Å²) in [6.07, 6.45) is 1.02. The van der Waals surface area contributed by atoms with Gasteiger partial charge in [-0.3, -0.25) is 4.90 Å². The van der Waals surface area contributed by atoms with E-state index in [1.165, 1.54) is 0 Å². The topological polar surface area (TPSA) is 87.6 Å². The van der Waals surface area contributed by atoms with Gasteiger partial charge >= 0.3 is 0 Å². The first-order valence-electron chi connectivity index (χ1n) is 10.9. The molecule has 1 atom stereocenters. The first kappa shape index (κ1) is 23.5. The molecule has 1 saturated heterocycles. The molecule has 0 spiro atoms. The molecule has 1 heterocycles. The van der Waals surface area contributed by atoms with Crippen LogP contribution in [0.3, 0.4) is 0 Å². The van der Waals surface area contributed by atoms with Crippen LogP contribution in [0.25, 0.3) is 0 Å². The highest BCUT2D eigenvalue weighted by molar-refractivity contribution is 5.80. The van der Waals surface area contributed by atoms with Crippen molar-refractivity contribution in [3.63, 3.8) is 0 Å². The van der Waals surface area contributed by atoms with Gasteiger partial charge in [0, 0.05) is 43.9 Å². The van der Waals surface area contributed by atoms with Crippen molar-refractivity contribution in [2.75, 3.05) is 41.0 Å². The Labute approximate surface area is 190 Å². The lowest BCUT2D eigenvalue weighted by atomic mass is 10.2. The molecule has 1 aliphatic heterocycles. The lowest BCUT2D eigenvalue weighted by molar-refractivity contribution is 0.321. The van der Waals surface area contributed by atoms with Gasteiger partial charge in [0.05, 0.1) is 27.9 Å². The summed E-state index contributed by atoms with van der Waals surface area (Å²) in [6.45, 7) is 5.89. The number of para-hydroxylation sites is 1. The molecule has 0 saturated carbocycles. The molecule has 3 rings (SSSR count). The third kappa shape index (κ3) is 6.20. The summed E-state index contributed by atoms with van der Waals surface area (Å²) in [5.41, 5.74) is 1.89. The lowest BCUT2D eigenvalue weighted by Crippen LogP contribution is -2.44. The minimum atomic E-state index is 0.135.